The molecule has 0 radical (unpaired) electrons. The molecule has 45 heavy (non-hydrogen) atoms. The number of aromatic nitrogens is 4. The third kappa shape index (κ3) is 4.65. The molecular formula is C35H35N5O4S. The van der Waals surface area contributed by atoms with E-state index < -0.39 is 12.0 Å². The van der Waals surface area contributed by atoms with Gasteiger partial charge >= 0.3 is 5.97 Å². The maximum atomic E-state index is 14.5. The van der Waals surface area contributed by atoms with Crippen molar-refractivity contribution in [2.45, 2.75) is 64.3 Å². The van der Waals surface area contributed by atoms with Crippen molar-refractivity contribution in [2.75, 3.05) is 26.3 Å². The number of amides is 1. The van der Waals surface area contributed by atoms with Crippen molar-refractivity contribution in [3.05, 3.63) is 63.9 Å². The van der Waals surface area contributed by atoms with Crippen molar-refractivity contribution in [3.63, 3.8) is 0 Å². The number of hydrogen-bond donors (Lipinski definition) is 1. The van der Waals surface area contributed by atoms with Crippen molar-refractivity contribution in [2.24, 2.45) is 0 Å². The molecule has 4 aromatic heterocycles. The molecule has 10 heteroatoms. The van der Waals surface area contributed by atoms with E-state index in [0.717, 1.165) is 80.1 Å². The van der Waals surface area contributed by atoms with Crippen LogP contribution in [-0.2, 0) is 16.0 Å². The fourth-order valence-corrected chi connectivity index (χ4v) is 8.68. The lowest BCUT2D eigenvalue weighted by Crippen LogP contribution is -2.45. The van der Waals surface area contributed by atoms with Gasteiger partial charge < -0.3 is 19.3 Å². The van der Waals surface area contributed by atoms with Gasteiger partial charge in [-0.15, -0.1) is 11.3 Å². The molecule has 6 heterocycles. The first-order valence-electron chi connectivity index (χ1n) is 15.9. The number of fused-ring (bicyclic) bond motifs is 7. The first kappa shape index (κ1) is 28.3. The van der Waals surface area contributed by atoms with E-state index in [2.05, 4.69) is 33.8 Å². The molecular weight excluding hydrogens is 586 g/mol. The average molecular weight is 622 g/mol. The molecule has 1 saturated carbocycles. The Morgan fingerprint density at radius 1 is 0.933 bits per heavy atom. The summed E-state index contributed by atoms with van der Waals surface area (Å²) in [6.07, 6.45) is 6.13. The van der Waals surface area contributed by atoms with Gasteiger partial charge in [-0.05, 0) is 68.0 Å². The normalized spacial score (nSPS) is 18.7. The van der Waals surface area contributed by atoms with E-state index in [1.165, 1.54) is 12.0 Å². The molecule has 0 bridgehead atoms. The lowest BCUT2D eigenvalue weighted by Gasteiger charge is -2.35. The van der Waals surface area contributed by atoms with Gasteiger partial charge in [0, 0.05) is 35.8 Å². The number of morpholine rings is 1. The Hall–Kier alpha value is -4.15. The second kappa shape index (κ2) is 11.0. The Labute approximate surface area is 264 Å². The van der Waals surface area contributed by atoms with E-state index >= 15 is 0 Å². The molecule has 1 saturated heterocycles. The number of hydrogen-bond acceptors (Lipinski definition) is 7. The van der Waals surface area contributed by atoms with Crippen LogP contribution in [0.15, 0.2) is 36.4 Å². The molecule has 1 N–H and O–H groups in total. The van der Waals surface area contributed by atoms with Gasteiger partial charge in [0.05, 0.1) is 45.7 Å². The maximum Gasteiger partial charge on any atom is 0.354 e. The number of aromatic carboxylic acids is 1. The highest BCUT2D eigenvalue weighted by Gasteiger charge is 2.39. The molecule has 1 amide bonds. The quantitative estimate of drug-likeness (QED) is 0.238. The lowest BCUT2D eigenvalue weighted by atomic mass is 9.80. The van der Waals surface area contributed by atoms with Crippen molar-refractivity contribution in [3.8, 4) is 21.8 Å². The zero-order chi connectivity index (χ0) is 30.8. The van der Waals surface area contributed by atoms with E-state index in [-0.39, 0.29) is 11.6 Å². The number of carbonyl (C=O) groups excluding carboxylic acids is 1. The maximum absolute atomic E-state index is 14.5. The number of carboxylic acid groups (broad SMARTS) is 1. The monoisotopic (exact) mass is 621 g/mol. The molecule has 9 nitrogen and oxygen atoms in total. The fourth-order valence-electron chi connectivity index (χ4n) is 7.79. The average Bonchev–Trinajstić information content (AvgIpc) is 3.60. The number of benzene rings is 1. The van der Waals surface area contributed by atoms with Gasteiger partial charge in [-0.25, -0.2) is 19.7 Å². The van der Waals surface area contributed by atoms with Crippen LogP contribution in [0.2, 0.25) is 0 Å². The number of carbonyl (C=O) groups is 2. The van der Waals surface area contributed by atoms with Gasteiger partial charge in [0.2, 0.25) is 5.91 Å². The highest BCUT2D eigenvalue weighted by atomic mass is 32.1. The standard InChI is InChI=1S/C35H35N5O4S/c1-19-32(45-20(2)36-19)27-12-8-22-25-18-29(34(41)39-14-16-44-17-15-39)40-31(23(25)9-11-26(22)37-27)30(21-6-4-3-5-7-21)24-10-13-28(35(42)43)38-33(24)40/h8-13,21,29H,3-7,14-18H2,1-2H3,(H,42,43). The summed E-state index contributed by atoms with van der Waals surface area (Å²) in [5.74, 6) is -0.732. The highest BCUT2D eigenvalue weighted by Crippen LogP contribution is 2.50. The number of thiazole rings is 1. The summed E-state index contributed by atoms with van der Waals surface area (Å²) in [7, 11) is 0. The van der Waals surface area contributed by atoms with Gasteiger partial charge in [-0.3, -0.25) is 4.79 Å². The van der Waals surface area contributed by atoms with Gasteiger partial charge in [-0.1, -0.05) is 31.4 Å². The summed E-state index contributed by atoms with van der Waals surface area (Å²) in [5.41, 5.74) is 7.78. The molecule has 2 fully saturated rings. The van der Waals surface area contributed by atoms with Crippen molar-refractivity contribution in [1.29, 1.82) is 0 Å². The number of pyridine rings is 2. The third-order valence-electron chi connectivity index (χ3n) is 9.81. The van der Waals surface area contributed by atoms with Crippen molar-refractivity contribution in [1.82, 2.24) is 24.4 Å². The Balaban J connectivity index is 1.39. The summed E-state index contributed by atoms with van der Waals surface area (Å²) in [4.78, 5) is 44.0. The summed E-state index contributed by atoms with van der Waals surface area (Å²) >= 11 is 1.65. The molecule has 1 aliphatic carbocycles. The number of carboxylic acids is 1. The predicted molar refractivity (Wildman–Crippen MR) is 174 cm³/mol. The molecule has 230 valence electrons. The minimum Gasteiger partial charge on any atom is -0.477 e. The fraction of sp³-hybridized carbons (Fsp3) is 0.400. The number of ether oxygens (including phenoxy) is 1. The van der Waals surface area contributed by atoms with E-state index in [0.29, 0.717) is 44.3 Å². The largest absolute Gasteiger partial charge is 0.477 e. The first-order chi connectivity index (χ1) is 21.9. The molecule has 5 aromatic rings. The molecule has 0 spiro atoms. The topological polar surface area (TPSA) is 110 Å². The van der Waals surface area contributed by atoms with Crippen LogP contribution in [0.25, 0.3) is 43.8 Å². The minimum atomic E-state index is -1.07. The van der Waals surface area contributed by atoms with E-state index in [1.54, 1.807) is 17.4 Å². The smallest absolute Gasteiger partial charge is 0.354 e. The van der Waals surface area contributed by atoms with E-state index in [4.69, 9.17) is 14.7 Å². The Bertz CT molecular complexity index is 2000. The summed E-state index contributed by atoms with van der Waals surface area (Å²) in [6, 6.07) is 11.5. The van der Waals surface area contributed by atoms with Crippen LogP contribution >= 0.6 is 11.3 Å². The SMILES string of the molecule is Cc1nc(C)c(-c2ccc3c4c(ccc3n2)-c2c(C3CCCCC3)c3ccc(C(=O)O)nc3n2C(C(=O)N2CCOCC2)C4)s1. The summed E-state index contributed by atoms with van der Waals surface area (Å²) in [5, 5.41) is 12.9. The molecule has 8 rings (SSSR count). The van der Waals surface area contributed by atoms with Gasteiger partial charge in [0.25, 0.3) is 0 Å². The molecule has 1 aromatic carbocycles. The highest BCUT2D eigenvalue weighted by molar-refractivity contribution is 7.15. The first-order valence-corrected chi connectivity index (χ1v) is 16.7. The Morgan fingerprint density at radius 3 is 2.44 bits per heavy atom. The van der Waals surface area contributed by atoms with E-state index in [9.17, 15) is 14.7 Å². The van der Waals surface area contributed by atoms with Crippen LogP contribution in [-0.4, -0.2) is 67.7 Å². The van der Waals surface area contributed by atoms with Gasteiger partial charge in [0.1, 0.15) is 11.7 Å². The Kier molecular flexibility index (Phi) is 6.94. The number of aryl methyl sites for hydroxylation is 2. The molecule has 1 atom stereocenters. The van der Waals surface area contributed by atoms with Crippen LogP contribution in [0.5, 0.6) is 0 Å². The minimum absolute atomic E-state index is 0.00907. The zero-order valence-electron chi connectivity index (χ0n) is 25.5. The van der Waals surface area contributed by atoms with Crippen LogP contribution in [0.4, 0.5) is 0 Å². The van der Waals surface area contributed by atoms with Crippen LogP contribution < -0.4 is 0 Å². The predicted octanol–water partition coefficient (Wildman–Crippen LogP) is 6.69. The number of nitrogens with zero attached hydrogens (tertiary/aromatic N) is 5. The second-order valence-electron chi connectivity index (χ2n) is 12.5. The molecule has 2 aliphatic heterocycles. The molecule has 1 unspecified atom stereocenters. The van der Waals surface area contributed by atoms with E-state index in [1.807, 2.05) is 24.8 Å². The third-order valence-corrected chi connectivity index (χ3v) is 10.9. The van der Waals surface area contributed by atoms with Crippen molar-refractivity contribution < 1.29 is 19.4 Å². The van der Waals surface area contributed by atoms with Crippen LogP contribution in [0.3, 0.4) is 0 Å². The van der Waals surface area contributed by atoms with Crippen LogP contribution in [0, 0.1) is 13.8 Å². The second-order valence-corrected chi connectivity index (χ2v) is 13.7. The molecule has 3 aliphatic rings. The Morgan fingerprint density at radius 2 is 1.71 bits per heavy atom. The summed E-state index contributed by atoms with van der Waals surface area (Å²) < 4.78 is 7.67. The van der Waals surface area contributed by atoms with Crippen LogP contribution in [0.1, 0.15) is 76.4 Å². The van der Waals surface area contributed by atoms with Gasteiger partial charge in [0.15, 0.2) is 5.69 Å². The van der Waals surface area contributed by atoms with Crippen molar-refractivity contribution >= 4 is 45.1 Å². The zero-order valence-corrected chi connectivity index (χ0v) is 26.3. The number of rotatable bonds is 4. The lowest BCUT2D eigenvalue weighted by molar-refractivity contribution is -0.138. The van der Waals surface area contributed by atoms with Gasteiger partial charge in [-0.2, -0.15) is 0 Å². The summed E-state index contributed by atoms with van der Waals surface area (Å²) in [6.45, 7) is 6.13.